The summed E-state index contributed by atoms with van der Waals surface area (Å²) in [6, 6.07) is 41.8. The van der Waals surface area contributed by atoms with Gasteiger partial charge >= 0.3 is 0 Å². The first-order chi connectivity index (χ1) is 31.6. The Morgan fingerprint density at radius 3 is 1.12 bits per heavy atom. The second-order valence-corrected chi connectivity index (χ2v) is 21.4. The van der Waals surface area contributed by atoms with E-state index in [9.17, 15) is 0 Å². The van der Waals surface area contributed by atoms with Crippen LogP contribution in [-0.2, 0) is 0 Å². The Bertz CT molecular complexity index is 5070. The van der Waals surface area contributed by atoms with Gasteiger partial charge in [-0.2, -0.15) is 0 Å². The van der Waals surface area contributed by atoms with Crippen LogP contribution in [0.3, 0.4) is 0 Å². The summed E-state index contributed by atoms with van der Waals surface area (Å²) in [6.07, 6.45) is 0. The third kappa shape index (κ3) is 2.15. The van der Waals surface area contributed by atoms with Gasteiger partial charge < -0.3 is 9.80 Å². The van der Waals surface area contributed by atoms with Crippen molar-refractivity contribution in [2.24, 2.45) is 0 Å². The van der Waals surface area contributed by atoms with E-state index < -0.39 is 0 Å². The van der Waals surface area contributed by atoms with Crippen molar-refractivity contribution in [3.05, 3.63) is 119 Å². The molecule has 2 nitrogen and oxygen atoms in total. The van der Waals surface area contributed by atoms with Gasteiger partial charge in [-0.05, 0) is 315 Å². The molecule has 4 aliphatic rings. The van der Waals surface area contributed by atoms with Gasteiger partial charge in [-0.3, -0.25) is 0 Å². The van der Waals surface area contributed by atoms with E-state index in [0.717, 1.165) is 0 Å². The highest BCUT2D eigenvalue weighted by molar-refractivity contribution is 6.55. The fraction of sp³-hybridized carbons (Fsp3) is 0.0645. The lowest BCUT2D eigenvalue weighted by atomic mass is 9.69. The Labute approximate surface area is 360 Å². The van der Waals surface area contributed by atoms with E-state index in [1.807, 2.05) is 0 Å². The molecule has 64 heavy (non-hydrogen) atoms. The minimum atomic E-state index is 0.0714. The molecule has 1 heterocycles. The summed E-state index contributed by atoms with van der Waals surface area (Å²) in [7, 11) is 4.33. The molecular weight excluding hydrogens is 773 g/mol. The van der Waals surface area contributed by atoms with Gasteiger partial charge in [0.2, 0.25) is 0 Å². The SMILES string of the molecule is CN(C)c1ccc(N2C3c4c5cc6c7c8cc9c(c47)C2c2c4c-9cc7c9cc%10c%11cc-8c-6cc%11c6cc8c%11cc6c%10cc9c6cc9c%10cc%11c%11c8cc-5c5c3c(c2c9c4c76)c%10c5%11)cc1. The highest BCUT2D eigenvalue weighted by Gasteiger charge is 2.52. The first-order valence-corrected chi connectivity index (χ1v) is 23.3. The fourth-order valence-corrected chi connectivity index (χ4v) is 17.4. The number of anilines is 2. The van der Waals surface area contributed by atoms with E-state index in [2.05, 4.69) is 121 Å². The van der Waals surface area contributed by atoms with Crippen molar-refractivity contribution < 1.29 is 0 Å². The predicted molar refractivity (Wildman–Crippen MR) is 270 cm³/mol. The molecule has 0 radical (unpaired) electrons. The Morgan fingerprint density at radius 1 is 0.281 bits per heavy atom. The zero-order chi connectivity index (χ0) is 39.9. The molecule has 0 saturated carbocycles. The van der Waals surface area contributed by atoms with Crippen LogP contribution in [0.2, 0.25) is 0 Å². The maximum Gasteiger partial charge on any atom is 0.0830 e. The van der Waals surface area contributed by atoms with Gasteiger partial charge in [-0.1, -0.05) is 0 Å². The number of fused-ring (bicyclic) bond motifs is 23. The van der Waals surface area contributed by atoms with Crippen molar-refractivity contribution in [2.45, 2.75) is 12.1 Å². The molecule has 16 aromatic carbocycles. The molecule has 282 valence electrons. The summed E-state index contributed by atoms with van der Waals surface area (Å²) in [4.78, 5) is 5.20. The van der Waals surface area contributed by atoms with E-state index in [4.69, 9.17) is 0 Å². The lowest BCUT2D eigenvalue weighted by Crippen LogP contribution is -2.39. The maximum absolute atomic E-state index is 2.96. The van der Waals surface area contributed by atoms with E-state index in [1.165, 1.54) is 191 Å². The average Bonchev–Trinajstić information content (AvgIpc) is 4.08. The monoisotopic (exact) mass is 796 g/mol. The number of hydrogen-bond acceptors (Lipinski definition) is 2. The summed E-state index contributed by atoms with van der Waals surface area (Å²) < 4.78 is 0. The van der Waals surface area contributed by atoms with Crippen molar-refractivity contribution >= 4 is 162 Å². The van der Waals surface area contributed by atoms with Crippen molar-refractivity contribution in [3.63, 3.8) is 0 Å². The molecule has 0 fully saturated rings. The molecule has 3 aliphatic carbocycles. The predicted octanol–water partition coefficient (Wildman–Crippen LogP) is 16.3. The lowest BCUT2D eigenvalue weighted by Gasteiger charge is -2.48. The van der Waals surface area contributed by atoms with Crippen LogP contribution in [0.5, 0.6) is 0 Å². The number of nitrogens with zero attached hydrogens (tertiary/aromatic N) is 2. The van der Waals surface area contributed by atoms with Gasteiger partial charge in [0.05, 0.1) is 12.1 Å². The van der Waals surface area contributed by atoms with Crippen molar-refractivity contribution in [1.29, 1.82) is 0 Å². The zero-order valence-electron chi connectivity index (χ0n) is 34.3. The van der Waals surface area contributed by atoms with Crippen LogP contribution in [0.1, 0.15) is 34.3 Å². The third-order valence-corrected chi connectivity index (χ3v) is 19.4. The molecule has 2 heteroatoms. The summed E-state index contributed by atoms with van der Waals surface area (Å²) in [5, 5.41) is 41.0. The topological polar surface area (TPSA) is 6.48 Å². The highest BCUT2D eigenvalue weighted by atomic mass is 15.2. The first-order valence-electron chi connectivity index (χ1n) is 23.3. The van der Waals surface area contributed by atoms with Crippen LogP contribution in [0.25, 0.3) is 195 Å². The lowest BCUT2D eigenvalue weighted by molar-refractivity contribution is 0.639. The largest absolute Gasteiger partial charge is 0.378 e. The zero-order valence-corrected chi connectivity index (χ0v) is 34.3. The second-order valence-electron chi connectivity index (χ2n) is 21.4. The summed E-state index contributed by atoms with van der Waals surface area (Å²) in [6.45, 7) is 0. The molecule has 0 saturated heterocycles. The van der Waals surface area contributed by atoms with Gasteiger partial charge in [0.25, 0.3) is 0 Å². The summed E-state index contributed by atoms with van der Waals surface area (Å²) in [5.41, 5.74) is 20.3. The van der Waals surface area contributed by atoms with E-state index >= 15 is 0 Å². The Kier molecular flexibility index (Phi) is 3.29. The van der Waals surface area contributed by atoms with E-state index in [-0.39, 0.29) is 12.1 Å². The summed E-state index contributed by atoms with van der Waals surface area (Å²) in [5.74, 6) is 0. The molecule has 16 aromatic rings. The minimum Gasteiger partial charge on any atom is -0.378 e. The quantitative estimate of drug-likeness (QED) is 0.161. The molecule has 0 aromatic heterocycles. The highest BCUT2D eigenvalue weighted by Crippen LogP contribution is 2.73. The smallest absolute Gasteiger partial charge is 0.0830 e. The molecular formula is C62H24N2. The van der Waals surface area contributed by atoms with Crippen LogP contribution < -0.4 is 9.80 Å². The maximum atomic E-state index is 2.96. The van der Waals surface area contributed by atoms with Gasteiger partial charge in [0, 0.05) is 25.5 Å². The van der Waals surface area contributed by atoms with Crippen LogP contribution in [0, 0.1) is 0 Å². The third-order valence-electron chi connectivity index (χ3n) is 19.4. The number of hydrogen-bond donors (Lipinski definition) is 0. The Hall–Kier alpha value is -7.94. The Balaban J connectivity index is 1.19. The fourth-order valence-electron chi connectivity index (χ4n) is 17.4. The molecule has 0 bridgehead atoms. The molecule has 0 spiro atoms. The van der Waals surface area contributed by atoms with Crippen molar-refractivity contribution in [3.8, 4) is 44.5 Å². The van der Waals surface area contributed by atoms with Crippen molar-refractivity contribution in [2.75, 3.05) is 23.9 Å². The molecule has 2 unspecified atom stereocenters. The van der Waals surface area contributed by atoms with Crippen LogP contribution in [-0.4, -0.2) is 14.1 Å². The second kappa shape index (κ2) is 7.54. The molecule has 0 amide bonds. The molecule has 0 N–H and O–H groups in total. The Morgan fingerprint density at radius 2 is 0.656 bits per heavy atom. The van der Waals surface area contributed by atoms with Crippen molar-refractivity contribution in [1.82, 2.24) is 0 Å². The molecule has 2 atom stereocenters. The summed E-state index contributed by atoms with van der Waals surface area (Å²) >= 11 is 0. The standard InChI is InChI=1S/C62H24N2/c1-63(2)19-3-5-20(6-4-19)64-61-52-43-17-37-31-11-25-23-9-29-27-7-21(23)22-8-28-30-10-24(22)26(25)12-32(31)38-18-44-42-16-36(30)46-34(28)14-40-39-13-33(27)45-35(29)15-41(43)50-54(45)48(39)57(59(50)61)58-49(40)55(46)51(42)60(58)62(64)53(44)56(52)47(37)38/h3-18,61-62H,1-2H3. The molecule has 20 rings (SSSR count). The number of benzene rings is 12. The van der Waals surface area contributed by atoms with Gasteiger partial charge in [0.1, 0.15) is 0 Å². The average molecular weight is 797 g/mol. The normalized spacial score (nSPS) is 18.1. The van der Waals surface area contributed by atoms with Crippen LogP contribution in [0.4, 0.5) is 11.4 Å². The number of rotatable bonds is 2. The minimum absolute atomic E-state index is 0.0714. The van der Waals surface area contributed by atoms with E-state index in [0.29, 0.717) is 0 Å². The van der Waals surface area contributed by atoms with Crippen LogP contribution >= 0.6 is 0 Å². The van der Waals surface area contributed by atoms with E-state index in [1.54, 1.807) is 38.4 Å². The van der Waals surface area contributed by atoms with Gasteiger partial charge in [-0.25, -0.2) is 0 Å². The van der Waals surface area contributed by atoms with Crippen LogP contribution in [0.15, 0.2) is 97.1 Å². The van der Waals surface area contributed by atoms with Gasteiger partial charge in [-0.15, -0.1) is 0 Å². The van der Waals surface area contributed by atoms with Gasteiger partial charge in [0.15, 0.2) is 0 Å². The molecule has 1 aliphatic heterocycles. The first kappa shape index (κ1) is 27.9.